The van der Waals surface area contributed by atoms with E-state index in [0.29, 0.717) is 5.52 Å². The van der Waals surface area contributed by atoms with Crippen molar-refractivity contribution in [3.63, 3.8) is 0 Å². The Kier molecular flexibility index (Phi) is 1.25. The molecule has 0 bridgehead atoms. The molecular weight excluding hydrogens is 180 g/mol. The van der Waals surface area contributed by atoms with Crippen LogP contribution in [0.2, 0.25) is 0 Å². The molecule has 0 aliphatic rings. The van der Waals surface area contributed by atoms with Gasteiger partial charge in [-0.1, -0.05) is 0 Å². The molecule has 5 nitrogen and oxygen atoms in total. The topological polar surface area (TPSA) is 63.8 Å². The van der Waals surface area contributed by atoms with E-state index in [-0.39, 0.29) is 0 Å². The summed E-state index contributed by atoms with van der Waals surface area (Å²) < 4.78 is 0.970. The van der Waals surface area contributed by atoms with Crippen molar-refractivity contribution in [2.45, 2.75) is 0 Å². The molecule has 0 saturated heterocycles. The highest BCUT2D eigenvalue weighted by Gasteiger charge is 2.04. The molecule has 1 N–H and O–H groups in total. The van der Waals surface area contributed by atoms with E-state index >= 15 is 0 Å². The van der Waals surface area contributed by atoms with Gasteiger partial charge >= 0.3 is 0 Å². The van der Waals surface area contributed by atoms with Crippen LogP contribution < -0.4 is 0 Å². The first kappa shape index (κ1) is 7.25. The van der Waals surface area contributed by atoms with Crippen LogP contribution in [0.15, 0.2) is 30.9 Å². The maximum Gasteiger partial charge on any atom is 0.106 e. The molecule has 3 aromatic rings. The minimum atomic E-state index is 0.697. The van der Waals surface area contributed by atoms with E-state index in [1.54, 1.807) is 18.5 Å². The third-order valence-electron chi connectivity index (χ3n) is 2.15. The summed E-state index contributed by atoms with van der Waals surface area (Å²) in [6, 6.07) is 1.76. The Bertz CT molecular complexity index is 616. The standard InChI is InChI=1S/C9H6N4O/c14-13-2-1-7-8(5-13)10-3-6-4-11-12-9(6)7/h1-5,14H. The first-order valence-corrected chi connectivity index (χ1v) is 4.12. The molecule has 0 aliphatic carbocycles. The van der Waals surface area contributed by atoms with Gasteiger partial charge in [-0.15, -0.1) is 5.10 Å². The monoisotopic (exact) mass is 186 g/mol. The molecule has 3 aromatic heterocycles. The van der Waals surface area contributed by atoms with Crippen molar-refractivity contribution in [2.75, 3.05) is 0 Å². The van der Waals surface area contributed by atoms with Crippen LogP contribution in [0.3, 0.4) is 0 Å². The van der Waals surface area contributed by atoms with Gasteiger partial charge in [-0.05, 0) is 6.07 Å². The quantitative estimate of drug-likeness (QED) is 0.536. The molecule has 0 atom stereocenters. The summed E-state index contributed by atoms with van der Waals surface area (Å²) >= 11 is 0. The molecule has 14 heavy (non-hydrogen) atoms. The lowest BCUT2D eigenvalue weighted by molar-refractivity contribution is 0.185. The van der Waals surface area contributed by atoms with Crippen LogP contribution in [-0.2, 0) is 0 Å². The van der Waals surface area contributed by atoms with Crippen LogP contribution in [-0.4, -0.2) is 25.1 Å². The minimum Gasteiger partial charge on any atom is -0.429 e. The Morgan fingerprint density at radius 3 is 3.14 bits per heavy atom. The summed E-state index contributed by atoms with van der Waals surface area (Å²) in [4.78, 5) is 4.18. The average Bonchev–Trinajstić information content (AvgIpc) is 2.65. The van der Waals surface area contributed by atoms with Crippen LogP contribution >= 0.6 is 0 Å². The molecule has 0 aromatic carbocycles. The van der Waals surface area contributed by atoms with Gasteiger partial charge in [-0.2, -0.15) is 9.83 Å². The van der Waals surface area contributed by atoms with Crippen LogP contribution in [0.25, 0.3) is 21.8 Å². The Morgan fingerprint density at radius 2 is 2.21 bits per heavy atom. The third-order valence-corrected chi connectivity index (χ3v) is 2.15. The molecule has 0 saturated carbocycles. The van der Waals surface area contributed by atoms with E-state index in [4.69, 9.17) is 0 Å². The SMILES string of the molecule is On1ccc2c(c1)ncc1cnnc12. The largest absolute Gasteiger partial charge is 0.429 e. The first-order chi connectivity index (χ1) is 6.84. The van der Waals surface area contributed by atoms with E-state index in [0.717, 1.165) is 21.0 Å². The second-order valence-electron chi connectivity index (χ2n) is 3.03. The lowest BCUT2D eigenvalue weighted by Crippen LogP contribution is -1.91. The third kappa shape index (κ3) is 0.861. The average molecular weight is 186 g/mol. The molecule has 0 unspecified atom stereocenters. The molecule has 3 heterocycles. The predicted octanol–water partition coefficient (Wildman–Crippen LogP) is 1.22. The summed E-state index contributed by atoms with van der Waals surface area (Å²) in [5.41, 5.74) is 1.51. The molecule has 0 spiro atoms. The fourth-order valence-electron chi connectivity index (χ4n) is 1.49. The van der Waals surface area contributed by atoms with Crippen molar-refractivity contribution in [1.29, 1.82) is 0 Å². The fourth-order valence-corrected chi connectivity index (χ4v) is 1.49. The minimum absolute atomic E-state index is 0.697. The number of nitrogens with zero attached hydrogens (tertiary/aromatic N) is 4. The van der Waals surface area contributed by atoms with Crippen LogP contribution in [0, 0.1) is 0 Å². The van der Waals surface area contributed by atoms with Gasteiger partial charge in [0.1, 0.15) is 5.52 Å². The highest BCUT2D eigenvalue weighted by atomic mass is 16.5. The van der Waals surface area contributed by atoms with E-state index in [1.165, 1.54) is 12.4 Å². The molecule has 68 valence electrons. The second-order valence-corrected chi connectivity index (χ2v) is 3.03. The van der Waals surface area contributed by atoms with E-state index < -0.39 is 0 Å². The van der Waals surface area contributed by atoms with E-state index in [1.807, 2.05) is 0 Å². The molecule has 5 heteroatoms. The summed E-state index contributed by atoms with van der Waals surface area (Å²) in [5.74, 6) is 0. The van der Waals surface area contributed by atoms with Gasteiger partial charge in [0.25, 0.3) is 0 Å². The van der Waals surface area contributed by atoms with Crippen molar-refractivity contribution in [2.24, 2.45) is 0 Å². The molecule has 0 amide bonds. The van der Waals surface area contributed by atoms with Gasteiger partial charge in [0.15, 0.2) is 0 Å². The van der Waals surface area contributed by atoms with E-state index in [2.05, 4.69) is 15.2 Å². The number of pyridine rings is 2. The molecule has 0 fully saturated rings. The van der Waals surface area contributed by atoms with Gasteiger partial charge < -0.3 is 5.21 Å². The van der Waals surface area contributed by atoms with Crippen molar-refractivity contribution < 1.29 is 5.21 Å². The summed E-state index contributed by atoms with van der Waals surface area (Å²) in [5, 5.41) is 18.8. The van der Waals surface area contributed by atoms with Crippen molar-refractivity contribution in [1.82, 2.24) is 19.9 Å². The van der Waals surface area contributed by atoms with Crippen molar-refractivity contribution in [3.8, 4) is 0 Å². The Hall–Kier alpha value is -2.17. The van der Waals surface area contributed by atoms with Crippen LogP contribution in [0.4, 0.5) is 0 Å². The van der Waals surface area contributed by atoms with Crippen LogP contribution in [0.1, 0.15) is 0 Å². The lowest BCUT2D eigenvalue weighted by Gasteiger charge is -1.99. The molecule has 3 rings (SSSR count). The highest BCUT2D eigenvalue weighted by molar-refractivity contribution is 6.02. The number of fused-ring (bicyclic) bond motifs is 3. The lowest BCUT2D eigenvalue weighted by atomic mass is 10.2. The number of rotatable bonds is 0. The Labute approximate surface area is 78.6 Å². The molecular formula is C9H6N4O. The summed E-state index contributed by atoms with van der Waals surface area (Å²) in [7, 11) is 0. The van der Waals surface area contributed by atoms with Gasteiger partial charge in [-0.25, -0.2) is 0 Å². The first-order valence-electron chi connectivity index (χ1n) is 4.12. The smallest absolute Gasteiger partial charge is 0.106 e. The highest BCUT2D eigenvalue weighted by Crippen LogP contribution is 2.19. The van der Waals surface area contributed by atoms with Crippen molar-refractivity contribution in [3.05, 3.63) is 30.9 Å². The van der Waals surface area contributed by atoms with Gasteiger partial charge in [0, 0.05) is 23.2 Å². The van der Waals surface area contributed by atoms with Gasteiger partial charge in [0.05, 0.1) is 17.9 Å². The molecule has 0 radical (unpaired) electrons. The maximum absolute atomic E-state index is 9.19. The predicted molar refractivity (Wildman–Crippen MR) is 50.0 cm³/mol. The van der Waals surface area contributed by atoms with Gasteiger partial charge in [-0.3, -0.25) is 4.98 Å². The zero-order valence-electron chi connectivity index (χ0n) is 7.12. The zero-order chi connectivity index (χ0) is 9.54. The maximum atomic E-state index is 9.19. The van der Waals surface area contributed by atoms with Crippen molar-refractivity contribution >= 4 is 21.8 Å². The molecule has 0 aliphatic heterocycles. The second kappa shape index (κ2) is 2.41. The Morgan fingerprint density at radius 1 is 1.29 bits per heavy atom. The summed E-state index contributed by atoms with van der Waals surface area (Å²) in [6.45, 7) is 0. The summed E-state index contributed by atoms with van der Waals surface area (Å²) in [6.07, 6.45) is 6.43. The number of aromatic nitrogens is 4. The van der Waals surface area contributed by atoms with Gasteiger partial charge in [0.2, 0.25) is 0 Å². The fraction of sp³-hybridized carbons (Fsp3) is 0. The zero-order valence-corrected chi connectivity index (χ0v) is 7.12. The number of hydrogen-bond acceptors (Lipinski definition) is 4. The van der Waals surface area contributed by atoms with E-state index in [9.17, 15) is 5.21 Å². The normalized spacial score (nSPS) is 11.1. The van der Waals surface area contributed by atoms with Crippen LogP contribution in [0.5, 0.6) is 0 Å². The Balaban J connectivity index is 2.57. The number of hydrogen-bond donors (Lipinski definition) is 1.